The van der Waals surface area contributed by atoms with E-state index < -0.39 is 5.97 Å². The Morgan fingerprint density at radius 3 is 1.34 bits per heavy atom. The highest BCUT2D eigenvalue weighted by Crippen LogP contribution is 2.30. The standard InChI is InChI=1S/C54H91NO8S2/c1-5-7-9-11-13-15-17-19-21-23-25-27-29-31-33-36-52(57)62-49-40-39-48(47-54(59)61-43-45-65-64-44-42-60-51(56)38-35-41-55(3)4)46-50(49)63-53(58)37-34-32-30-28-26-24-22-20-18-16-14-12-10-8-6-2/h19-22,39-40,46H,5-18,23-38,41-45,47H2,1-4H3/b21-19-,22-20-. The normalized spacial score (nSPS) is 11.5. The first kappa shape index (κ1) is 60.3. The Morgan fingerprint density at radius 1 is 0.477 bits per heavy atom. The van der Waals surface area contributed by atoms with Crippen LogP contribution >= 0.6 is 21.6 Å². The molecule has 0 fully saturated rings. The third-order valence-corrected chi connectivity index (χ3v) is 13.4. The minimum absolute atomic E-state index is 0.0104. The highest BCUT2D eigenvalue weighted by atomic mass is 33.1. The van der Waals surface area contributed by atoms with E-state index in [4.69, 9.17) is 18.9 Å². The van der Waals surface area contributed by atoms with E-state index in [9.17, 15) is 19.2 Å². The second kappa shape index (κ2) is 45.0. The molecule has 0 aromatic heterocycles. The van der Waals surface area contributed by atoms with Gasteiger partial charge in [-0.3, -0.25) is 19.2 Å². The second-order valence-electron chi connectivity index (χ2n) is 17.6. The zero-order chi connectivity index (χ0) is 47.3. The monoisotopic (exact) mass is 946 g/mol. The van der Waals surface area contributed by atoms with E-state index in [2.05, 4.69) is 38.2 Å². The quantitative estimate of drug-likeness (QED) is 0.0205. The number of hydrogen-bond donors (Lipinski definition) is 0. The van der Waals surface area contributed by atoms with Gasteiger partial charge in [0.05, 0.1) is 6.42 Å². The Kier molecular flexibility index (Phi) is 41.8. The van der Waals surface area contributed by atoms with Crippen molar-refractivity contribution in [1.82, 2.24) is 4.90 Å². The Morgan fingerprint density at radius 2 is 0.877 bits per heavy atom. The first-order valence-corrected chi connectivity index (χ1v) is 28.3. The lowest BCUT2D eigenvalue weighted by Gasteiger charge is -2.13. The summed E-state index contributed by atoms with van der Waals surface area (Å²) < 4.78 is 22.3. The molecule has 0 aliphatic heterocycles. The van der Waals surface area contributed by atoms with Crippen molar-refractivity contribution in [1.29, 1.82) is 0 Å². The van der Waals surface area contributed by atoms with Crippen LogP contribution in [-0.4, -0.2) is 74.1 Å². The number of hydrogen-bond acceptors (Lipinski definition) is 11. The molecule has 1 aromatic rings. The molecule has 0 atom stereocenters. The van der Waals surface area contributed by atoms with Crippen molar-refractivity contribution in [2.75, 3.05) is 45.4 Å². The SMILES string of the molecule is CCCCCCCC/C=C\CCCCCCCC(=O)Oc1ccc(CC(=O)OCCSSCCOC(=O)CCCN(C)C)cc1OC(=O)CCCCCCC/C=C\CCCCCCCC. The van der Waals surface area contributed by atoms with E-state index in [1.807, 2.05) is 19.0 Å². The molecule has 0 radical (unpaired) electrons. The van der Waals surface area contributed by atoms with Gasteiger partial charge in [-0.2, -0.15) is 0 Å². The minimum Gasteiger partial charge on any atom is -0.465 e. The van der Waals surface area contributed by atoms with Crippen LogP contribution in [0.1, 0.15) is 212 Å². The lowest BCUT2D eigenvalue weighted by molar-refractivity contribution is -0.143. The fourth-order valence-electron chi connectivity index (χ4n) is 7.18. The maximum absolute atomic E-state index is 13.0. The third-order valence-electron chi connectivity index (χ3n) is 11.0. The second-order valence-corrected chi connectivity index (χ2v) is 20.3. The van der Waals surface area contributed by atoms with Gasteiger partial charge in [-0.05, 0) is 109 Å². The van der Waals surface area contributed by atoms with Crippen molar-refractivity contribution >= 4 is 45.5 Å². The molecule has 65 heavy (non-hydrogen) atoms. The van der Waals surface area contributed by atoms with Crippen molar-refractivity contribution in [3.8, 4) is 11.5 Å². The minimum atomic E-state index is -0.401. The molecule has 0 unspecified atom stereocenters. The highest BCUT2D eigenvalue weighted by Gasteiger charge is 2.17. The number of carbonyl (C=O) groups excluding carboxylic acids is 4. The number of carbonyl (C=O) groups is 4. The first-order valence-electron chi connectivity index (χ1n) is 25.8. The topological polar surface area (TPSA) is 108 Å². The molecule has 0 aliphatic carbocycles. The molecular weight excluding hydrogens is 855 g/mol. The van der Waals surface area contributed by atoms with Crippen molar-refractivity contribution in [2.45, 2.75) is 213 Å². The Labute approximate surface area is 404 Å². The van der Waals surface area contributed by atoms with E-state index >= 15 is 0 Å². The summed E-state index contributed by atoms with van der Waals surface area (Å²) >= 11 is 0. The number of ether oxygens (including phenoxy) is 4. The first-order chi connectivity index (χ1) is 31.7. The Balaban J connectivity index is 2.51. The van der Waals surface area contributed by atoms with Gasteiger partial charge in [0.1, 0.15) is 13.2 Å². The molecule has 372 valence electrons. The summed E-state index contributed by atoms with van der Waals surface area (Å²) in [6.45, 7) is 5.95. The van der Waals surface area contributed by atoms with Crippen LogP contribution in [0.2, 0.25) is 0 Å². The average Bonchev–Trinajstić information content (AvgIpc) is 3.28. The van der Waals surface area contributed by atoms with E-state index in [0.29, 0.717) is 30.1 Å². The van der Waals surface area contributed by atoms with Crippen LogP contribution in [0.5, 0.6) is 11.5 Å². The van der Waals surface area contributed by atoms with Gasteiger partial charge in [0.15, 0.2) is 11.5 Å². The lowest BCUT2D eigenvalue weighted by Crippen LogP contribution is -2.15. The number of unbranched alkanes of at least 4 members (excludes halogenated alkanes) is 22. The number of benzene rings is 1. The molecule has 0 aliphatic rings. The molecule has 0 bridgehead atoms. The molecule has 0 saturated heterocycles. The molecule has 1 rings (SSSR count). The van der Waals surface area contributed by atoms with Gasteiger partial charge in [0.2, 0.25) is 0 Å². The van der Waals surface area contributed by atoms with Crippen molar-refractivity contribution in [3.63, 3.8) is 0 Å². The van der Waals surface area contributed by atoms with Crippen LogP contribution in [0.25, 0.3) is 0 Å². The largest absolute Gasteiger partial charge is 0.465 e. The number of allylic oxidation sites excluding steroid dienone is 4. The summed E-state index contributed by atoms with van der Waals surface area (Å²) in [6.07, 6.45) is 41.7. The summed E-state index contributed by atoms with van der Waals surface area (Å²) in [6, 6.07) is 4.92. The van der Waals surface area contributed by atoms with Gasteiger partial charge in [-0.15, -0.1) is 0 Å². The highest BCUT2D eigenvalue weighted by molar-refractivity contribution is 8.76. The maximum Gasteiger partial charge on any atom is 0.311 e. The fourth-order valence-corrected chi connectivity index (χ4v) is 8.83. The van der Waals surface area contributed by atoms with Crippen LogP contribution < -0.4 is 9.47 Å². The van der Waals surface area contributed by atoms with Gasteiger partial charge < -0.3 is 23.8 Å². The van der Waals surface area contributed by atoms with E-state index in [0.717, 1.165) is 83.6 Å². The van der Waals surface area contributed by atoms with E-state index in [-0.39, 0.29) is 55.3 Å². The number of esters is 4. The summed E-state index contributed by atoms with van der Waals surface area (Å²) in [5, 5.41) is 0. The van der Waals surface area contributed by atoms with Crippen LogP contribution in [0.4, 0.5) is 0 Å². The lowest BCUT2D eigenvalue weighted by atomic mass is 10.1. The predicted octanol–water partition coefficient (Wildman–Crippen LogP) is 14.9. The van der Waals surface area contributed by atoms with Crippen LogP contribution in [0.3, 0.4) is 0 Å². The van der Waals surface area contributed by atoms with Crippen LogP contribution in [0, 0.1) is 0 Å². The molecule has 0 amide bonds. The van der Waals surface area contributed by atoms with E-state index in [1.165, 1.54) is 96.3 Å². The smallest absolute Gasteiger partial charge is 0.311 e. The number of rotatable bonds is 45. The van der Waals surface area contributed by atoms with Crippen molar-refractivity contribution in [3.05, 3.63) is 48.1 Å². The van der Waals surface area contributed by atoms with E-state index in [1.54, 1.807) is 39.8 Å². The molecular formula is C54H91NO8S2. The van der Waals surface area contributed by atoms with Crippen molar-refractivity contribution in [2.24, 2.45) is 0 Å². The summed E-state index contributed by atoms with van der Waals surface area (Å²) in [5.41, 5.74) is 0.602. The Bertz CT molecular complexity index is 1400. The molecule has 11 heteroatoms. The fraction of sp³-hybridized carbons (Fsp3) is 0.741. The van der Waals surface area contributed by atoms with Crippen LogP contribution in [-0.2, 0) is 35.1 Å². The van der Waals surface area contributed by atoms with Gasteiger partial charge in [0.25, 0.3) is 0 Å². The average molecular weight is 946 g/mol. The van der Waals surface area contributed by atoms with Crippen LogP contribution in [0.15, 0.2) is 42.5 Å². The van der Waals surface area contributed by atoms with Gasteiger partial charge in [0, 0.05) is 30.8 Å². The summed E-state index contributed by atoms with van der Waals surface area (Å²) in [5.74, 6) is 0.262. The summed E-state index contributed by atoms with van der Waals surface area (Å²) in [7, 11) is 7.08. The third kappa shape index (κ3) is 40.1. The zero-order valence-electron chi connectivity index (χ0n) is 41.5. The zero-order valence-corrected chi connectivity index (χ0v) is 43.2. The summed E-state index contributed by atoms with van der Waals surface area (Å²) in [4.78, 5) is 52.5. The van der Waals surface area contributed by atoms with Gasteiger partial charge >= 0.3 is 23.9 Å². The molecule has 1 aromatic carbocycles. The Hall–Kier alpha value is -2.76. The van der Waals surface area contributed by atoms with Gasteiger partial charge in [-0.25, -0.2) is 0 Å². The number of nitrogens with zero attached hydrogens (tertiary/aromatic N) is 1. The predicted molar refractivity (Wildman–Crippen MR) is 275 cm³/mol. The molecule has 0 N–H and O–H groups in total. The molecule has 0 spiro atoms. The maximum atomic E-state index is 13.0. The molecule has 0 heterocycles. The van der Waals surface area contributed by atoms with Crippen molar-refractivity contribution < 1.29 is 38.1 Å². The molecule has 0 saturated carbocycles. The van der Waals surface area contributed by atoms with Gasteiger partial charge in [-0.1, -0.05) is 169 Å². The molecule has 9 nitrogen and oxygen atoms in total.